The van der Waals surface area contributed by atoms with Crippen LogP contribution in [0, 0.1) is 5.92 Å². The molecule has 11 heteroatoms. The van der Waals surface area contributed by atoms with Crippen molar-refractivity contribution in [1.82, 2.24) is 0 Å². The third-order valence-corrected chi connectivity index (χ3v) is 12.8. The van der Waals surface area contributed by atoms with Gasteiger partial charge in [0.1, 0.15) is 48.8 Å². The van der Waals surface area contributed by atoms with Gasteiger partial charge in [-0.3, -0.25) is 0 Å². The molecule has 0 amide bonds. The number of ether oxygens (including phenoxy) is 4. The molecule has 0 saturated carbocycles. The van der Waals surface area contributed by atoms with E-state index in [9.17, 15) is 35.7 Å². The summed E-state index contributed by atoms with van der Waals surface area (Å²) in [6.45, 7) is 5.69. The van der Waals surface area contributed by atoms with Crippen molar-refractivity contribution < 1.29 is 54.7 Å². The minimum absolute atomic E-state index is 0.184. The van der Waals surface area contributed by atoms with Gasteiger partial charge in [0.05, 0.1) is 19.3 Å². The van der Waals surface area contributed by atoms with Crippen LogP contribution in [0.25, 0.3) is 0 Å². The van der Waals surface area contributed by atoms with Gasteiger partial charge in [0.15, 0.2) is 12.6 Å². The Morgan fingerprint density at radius 1 is 0.431 bits per heavy atom. The first-order valence-corrected chi connectivity index (χ1v) is 24.4. The molecular weight excluding hydrogens is 741 g/mol. The van der Waals surface area contributed by atoms with Crippen molar-refractivity contribution in [3.8, 4) is 0 Å². The lowest BCUT2D eigenvalue weighted by Crippen LogP contribution is -2.64. The molecule has 0 aliphatic carbocycles. The fourth-order valence-electron chi connectivity index (χ4n) is 8.54. The maximum Gasteiger partial charge on any atom is 0.187 e. The van der Waals surface area contributed by atoms with E-state index in [1.807, 2.05) is 0 Å². The Bertz CT molecular complexity index is 925. The van der Waals surface area contributed by atoms with Crippen LogP contribution in [0.2, 0.25) is 0 Å². The average Bonchev–Trinajstić information content (AvgIpc) is 3.23. The molecule has 0 bridgehead atoms. The first kappa shape index (κ1) is 53.7. The molecule has 11 nitrogen and oxygen atoms in total. The summed E-state index contributed by atoms with van der Waals surface area (Å²) in [6.07, 6.45) is 22.9. The summed E-state index contributed by atoms with van der Waals surface area (Å²) in [4.78, 5) is 0. The van der Waals surface area contributed by atoms with E-state index >= 15 is 0 Å². The van der Waals surface area contributed by atoms with Crippen LogP contribution < -0.4 is 0 Å². The molecule has 2 aliphatic heterocycles. The van der Waals surface area contributed by atoms with Gasteiger partial charge in [0.2, 0.25) is 0 Å². The number of aliphatic hydroxyl groups is 7. The maximum atomic E-state index is 11.2. The molecule has 0 spiro atoms. The number of rotatable bonds is 37. The Hall–Kier alpha value is -0.440. The molecule has 0 radical (unpaired) electrons. The zero-order valence-electron chi connectivity index (χ0n) is 37.3. The minimum atomic E-state index is -1.70. The van der Waals surface area contributed by atoms with Crippen LogP contribution in [0.15, 0.2) is 0 Å². The summed E-state index contributed by atoms with van der Waals surface area (Å²) in [5.74, 6) is 0.867. The summed E-state index contributed by atoms with van der Waals surface area (Å²) in [5, 5.41) is 73.0. The Kier molecular flexibility index (Phi) is 31.6. The summed E-state index contributed by atoms with van der Waals surface area (Å²) in [5.41, 5.74) is 0. The van der Waals surface area contributed by atoms with Gasteiger partial charge in [-0.1, -0.05) is 201 Å². The number of hydrogen-bond donors (Lipinski definition) is 7. The van der Waals surface area contributed by atoms with Crippen LogP contribution in [-0.2, 0) is 18.9 Å². The highest BCUT2D eigenvalue weighted by molar-refractivity contribution is 4.94. The van der Waals surface area contributed by atoms with E-state index in [4.69, 9.17) is 18.9 Å². The second-order valence-electron chi connectivity index (χ2n) is 18.0. The van der Waals surface area contributed by atoms with Gasteiger partial charge in [0.25, 0.3) is 0 Å². The molecule has 12 atom stereocenters. The van der Waals surface area contributed by atoms with Crippen molar-refractivity contribution in [3.63, 3.8) is 0 Å². The second-order valence-corrected chi connectivity index (χ2v) is 18.0. The van der Waals surface area contributed by atoms with Crippen LogP contribution in [-0.4, -0.2) is 116 Å². The molecule has 12 unspecified atom stereocenters. The molecule has 2 aliphatic rings. The number of unbranched alkanes of at least 4 members (excludes halogenated alkanes) is 24. The average molecular weight is 833 g/mol. The Labute approximate surface area is 354 Å². The predicted octanol–water partition coefficient (Wildman–Crippen LogP) is 8.37. The fourth-order valence-corrected chi connectivity index (χ4v) is 8.54. The van der Waals surface area contributed by atoms with Crippen molar-refractivity contribution in [3.05, 3.63) is 0 Å². The molecule has 0 aromatic carbocycles. The van der Waals surface area contributed by atoms with Crippen LogP contribution in [0.1, 0.15) is 213 Å². The normalized spacial score (nSPS) is 28.9. The van der Waals surface area contributed by atoms with Crippen LogP contribution in [0.3, 0.4) is 0 Å². The molecule has 58 heavy (non-hydrogen) atoms. The van der Waals surface area contributed by atoms with E-state index in [1.165, 1.54) is 154 Å². The van der Waals surface area contributed by atoms with Crippen molar-refractivity contribution in [1.29, 1.82) is 0 Å². The van der Waals surface area contributed by atoms with Gasteiger partial charge >= 0.3 is 0 Å². The van der Waals surface area contributed by atoms with E-state index in [2.05, 4.69) is 20.8 Å². The minimum Gasteiger partial charge on any atom is -0.394 e. The molecular formula is C47H92O11. The highest BCUT2D eigenvalue weighted by Crippen LogP contribution is 2.31. The van der Waals surface area contributed by atoms with Crippen molar-refractivity contribution >= 4 is 0 Å². The summed E-state index contributed by atoms with van der Waals surface area (Å²) < 4.78 is 23.6. The standard InChI is InChI=1S/C47H92O11/c1-4-6-7-8-9-10-11-12-13-17-20-23-26-29-32-37(33-30-27-24-21-18-15-14-16-19-22-25-28-31-36(3)5-2)55-46-44(54)42(52)45(39(35-49)57-46)58-47-43(53)41(51)40(50)38(34-48)56-47/h36-54H,4-35H2,1-3H3. The van der Waals surface area contributed by atoms with Crippen LogP contribution in [0.4, 0.5) is 0 Å². The third kappa shape index (κ3) is 22.1. The van der Waals surface area contributed by atoms with Crippen molar-refractivity contribution in [2.45, 2.75) is 281 Å². The third-order valence-electron chi connectivity index (χ3n) is 12.8. The van der Waals surface area contributed by atoms with Gasteiger partial charge in [-0.15, -0.1) is 0 Å². The molecule has 346 valence electrons. The van der Waals surface area contributed by atoms with Gasteiger partial charge in [-0.05, 0) is 18.8 Å². The van der Waals surface area contributed by atoms with Gasteiger partial charge in [-0.25, -0.2) is 0 Å². The molecule has 2 fully saturated rings. The van der Waals surface area contributed by atoms with Gasteiger partial charge < -0.3 is 54.7 Å². The molecule has 2 heterocycles. The van der Waals surface area contributed by atoms with Crippen molar-refractivity contribution in [2.75, 3.05) is 13.2 Å². The molecule has 2 rings (SSSR count). The van der Waals surface area contributed by atoms with E-state index in [0.717, 1.165) is 44.4 Å². The number of aliphatic hydroxyl groups excluding tert-OH is 7. The maximum absolute atomic E-state index is 11.2. The highest BCUT2D eigenvalue weighted by atomic mass is 16.7. The molecule has 7 N–H and O–H groups in total. The largest absolute Gasteiger partial charge is 0.394 e. The van der Waals surface area contributed by atoms with Gasteiger partial charge in [-0.2, -0.15) is 0 Å². The monoisotopic (exact) mass is 833 g/mol. The zero-order valence-corrected chi connectivity index (χ0v) is 37.3. The lowest BCUT2D eigenvalue weighted by atomic mass is 9.96. The van der Waals surface area contributed by atoms with E-state index in [0.29, 0.717) is 0 Å². The first-order valence-electron chi connectivity index (χ1n) is 24.4. The van der Waals surface area contributed by atoms with Crippen molar-refractivity contribution in [2.24, 2.45) is 5.92 Å². The van der Waals surface area contributed by atoms with E-state index in [1.54, 1.807) is 0 Å². The SMILES string of the molecule is CCCCCCCCCCCCCCCCC(CCCCCCCCCCCCCCC(C)CC)OC1OC(CO)C(OC2OC(CO)C(O)C(O)C2O)C(O)C1O. The fraction of sp³-hybridized carbons (Fsp3) is 1.00. The second kappa shape index (κ2) is 34.1. The summed E-state index contributed by atoms with van der Waals surface area (Å²) in [6, 6.07) is 0. The topological polar surface area (TPSA) is 179 Å². The van der Waals surface area contributed by atoms with E-state index < -0.39 is 74.6 Å². The lowest BCUT2D eigenvalue weighted by molar-refractivity contribution is -0.363. The Morgan fingerprint density at radius 3 is 1.22 bits per heavy atom. The predicted molar refractivity (Wildman–Crippen MR) is 230 cm³/mol. The highest BCUT2D eigenvalue weighted by Gasteiger charge is 2.51. The quantitative estimate of drug-likeness (QED) is 0.0299. The molecule has 0 aromatic heterocycles. The van der Waals surface area contributed by atoms with Gasteiger partial charge in [0, 0.05) is 0 Å². The first-order chi connectivity index (χ1) is 28.2. The van der Waals surface area contributed by atoms with Crippen LogP contribution in [0.5, 0.6) is 0 Å². The lowest BCUT2D eigenvalue weighted by Gasteiger charge is -2.46. The summed E-state index contributed by atoms with van der Waals surface area (Å²) >= 11 is 0. The molecule has 2 saturated heterocycles. The summed E-state index contributed by atoms with van der Waals surface area (Å²) in [7, 11) is 0. The molecule has 0 aromatic rings. The smallest absolute Gasteiger partial charge is 0.187 e. The Morgan fingerprint density at radius 2 is 0.810 bits per heavy atom. The number of hydrogen-bond acceptors (Lipinski definition) is 11. The van der Waals surface area contributed by atoms with E-state index in [-0.39, 0.29) is 6.10 Å². The Balaban J connectivity index is 1.79. The zero-order chi connectivity index (χ0) is 42.4. The van der Waals surface area contributed by atoms with Crippen LogP contribution >= 0.6 is 0 Å².